The topological polar surface area (TPSA) is 87.2 Å². The third-order valence-corrected chi connectivity index (χ3v) is 7.03. The summed E-state index contributed by atoms with van der Waals surface area (Å²) in [5.41, 5.74) is 0.969. The van der Waals surface area contributed by atoms with Gasteiger partial charge in [-0.3, -0.25) is 0 Å². The van der Waals surface area contributed by atoms with Crippen molar-refractivity contribution in [3.05, 3.63) is 29.8 Å². The standard InChI is InChI=1S/C17H26N2O3S.C2HF3O2/c1-13-5-4-6-15(9-13)23(20,21)19-8-7-16-14(10-19)12-22-17(16)11-18(2)3;3-2(4,5)1(6)7/h4-6,9,14,16-17H,7-8,10-12H2,1-3H3;(H,6,7)/t14-,16-,17+;/m1./s1. The third-order valence-electron chi connectivity index (χ3n) is 5.17. The number of aryl methyl sites for hydroxylation is 1. The lowest BCUT2D eigenvalue weighted by molar-refractivity contribution is -0.192. The maximum Gasteiger partial charge on any atom is 0.490 e. The molecule has 0 unspecified atom stereocenters. The van der Waals surface area contributed by atoms with E-state index in [0.717, 1.165) is 18.5 Å². The molecular weight excluding hydrogens is 425 g/mol. The van der Waals surface area contributed by atoms with Crippen LogP contribution in [0.3, 0.4) is 0 Å². The van der Waals surface area contributed by atoms with Crippen LogP contribution in [0.15, 0.2) is 29.2 Å². The van der Waals surface area contributed by atoms with E-state index in [0.29, 0.717) is 36.4 Å². The minimum Gasteiger partial charge on any atom is -0.475 e. The molecule has 0 bridgehead atoms. The van der Waals surface area contributed by atoms with E-state index < -0.39 is 22.2 Å². The Labute approximate surface area is 174 Å². The number of ether oxygens (including phenoxy) is 1. The van der Waals surface area contributed by atoms with Crippen molar-refractivity contribution in [1.29, 1.82) is 0 Å². The molecule has 0 aliphatic carbocycles. The number of rotatable bonds is 4. The fourth-order valence-electron chi connectivity index (χ4n) is 3.74. The molecule has 1 aromatic rings. The number of likely N-dealkylation sites (N-methyl/N-ethyl adjacent to an activating group) is 1. The Morgan fingerprint density at radius 3 is 2.50 bits per heavy atom. The zero-order valence-electron chi connectivity index (χ0n) is 17.1. The fraction of sp³-hybridized carbons (Fsp3) is 0.632. The van der Waals surface area contributed by atoms with Gasteiger partial charge in [0.25, 0.3) is 0 Å². The number of carboxylic acid groups (broad SMARTS) is 1. The van der Waals surface area contributed by atoms with Crippen LogP contribution in [-0.2, 0) is 19.6 Å². The summed E-state index contributed by atoms with van der Waals surface area (Å²) >= 11 is 0. The first kappa shape index (κ1) is 24.6. The number of alkyl halides is 3. The number of piperidine rings is 1. The lowest BCUT2D eigenvalue weighted by Gasteiger charge is -2.35. The molecule has 3 atom stereocenters. The first-order valence-electron chi connectivity index (χ1n) is 9.45. The molecule has 1 N–H and O–H groups in total. The molecule has 0 radical (unpaired) electrons. The Bertz CT molecular complexity index is 845. The van der Waals surface area contributed by atoms with Gasteiger partial charge in [-0.25, -0.2) is 13.2 Å². The quantitative estimate of drug-likeness (QED) is 0.754. The number of hydrogen-bond donors (Lipinski definition) is 1. The molecule has 0 saturated carbocycles. The number of benzene rings is 1. The van der Waals surface area contributed by atoms with Crippen molar-refractivity contribution >= 4 is 16.0 Å². The molecule has 7 nitrogen and oxygen atoms in total. The number of aliphatic carboxylic acids is 1. The predicted octanol–water partition coefficient (Wildman–Crippen LogP) is 2.22. The minimum absolute atomic E-state index is 0.235. The van der Waals surface area contributed by atoms with E-state index in [1.54, 1.807) is 22.5 Å². The van der Waals surface area contributed by atoms with Gasteiger partial charge in [-0.05, 0) is 51.1 Å². The first-order chi connectivity index (χ1) is 13.8. The number of carbonyl (C=O) groups is 1. The number of carboxylic acids is 1. The zero-order valence-corrected chi connectivity index (χ0v) is 17.9. The van der Waals surface area contributed by atoms with Gasteiger partial charge < -0.3 is 14.7 Å². The molecule has 2 fully saturated rings. The van der Waals surface area contributed by atoms with Gasteiger partial charge in [-0.1, -0.05) is 12.1 Å². The summed E-state index contributed by atoms with van der Waals surface area (Å²) in [5.74, 6) is -1.97. The molecule has 170 valence electrons. The molecule has 2 saturated heterocycles. The Morgan fingerprint density at radius 1 is 1.33 bits per heavy atom. The monoisotopic (exact) mass is 452 g/mol. The molecular formula is C19H27F3N2O5S. The second kappa shape index (κ2) is 9.63. The van der Waals surface area contributed by atoms with Crippen LogP contribution < -0.4 is 0 Å². The van der Waals surface area contributed by atoms with Crippen LogP contribution in [0.1, 0.15) is 12.0 Å². The smallest absolute Gasteiger partial charge is 0.475 e. The van der Waals surface area contributed by atoms with E-state index >= 15 is 0 Å². The third kappa shape index (κ3) is 6.16. The highest BCUT2D eigenvalue weighted by molar-refractivity contribution is 7.89. The van der Waals surface area contributed by atoms with Crippen molar-refractivity contribution in [1.82, 2.24) is 9.21 Å². The normalized spacial score (nSPS) is 24.8. The Hall–Kier alpha value is -1.69. The maximum absolute atomic E-state index is 12.9. The van der Waals surface area contributed by atoms with E-state index in [-0.39, 0.29) is 6.10 Å². The van der Waals surface area contributed by atoms with Gasteiger partial charge >= 0.3 is 12.1 Å². The Morgan fingerprint density at radius 2 is 1.97 bits per heavy atom. The molecule has 3 rings (SSSR count). The van der Waals surface area contributed by atoms with Gasteiger partial charge in [0.05, 0.1) is 17.6 Å². The lowest BCUT2D eigenvalue weighted by atomic mass is 9.85. The summed E-state index contributed by atoms with van der Waals surface area (Å²) in [7, 11) is 0.703. The highest BCUT2D eigenvalue weighted by Gasteiger charge is 2.43. The number of fused-ring (bicyclic) bond motifs is 1. The van der Waals surface area contributed by atoms with E-state index in [9.17, 15) is 21.6 Å². The van der Waals surface area contributed by atoms with Crippen LogP contribution in [0.4, 0.5) is 13.2 Å². The van der Waals surface area contributed by atoms with Gasteiger partial charge in [0, 0.05) is 25.6 Å². The number of sulfonamides is 1. The van der Waals surface area contributed by atoms with Crippen LogP contribution in [0, 0.1) is 18.8 Å². The summed E-state index contributed by atoms with van der Waals surface area (Å²) in [6.07, 6.45) is -3.97. The molecule has 30 heavy (non-hydrogen) atoms. The van der Waals surface area contributed by atoms with E-state index in [1.165, 1.54) is 0 Å². The second-order valence-electron chi connectivity index (χ2n) is 7.83. The molecule has 2 aliphatic heterocycles. The molecule has 2 heterocycles. The van der Waals surface area contributed by atoms with Crippen LogP contribution in [0.2, 0.25) is 0 Å². The van der Waals surface area contributed by atoms with Crippen LogP contribution >= 0.6 is 0 Å². The average molecular weight is 452 g/mol. The van der Waals surface area contributed by atoms with Crippen molar-refractivity contribution in [2.45, 2.75) is 30.5 Å². The summed E-state index contributed by atoms with van der Waals surface area (Å²) < 4.78 is 65.0. The molecule has 2 aliphatic rings. The second-order valence-corrected chi connectivity index (χ2v) is 9.77. The Balaban J connectivity index is 0.000000396. The lowest BCUT2D eigenvalue weighted by Crippen LogP contribution is -2.45. The predicted molar refractivity (Wildman–Crippen MR) is 104 cm³/mol. The van der Waals surface area contributed by atoms with E-state index in [2.05, 4.69) is 4.90 Å². The van der Waals surface area contributed by atoms with Gasteiger partial charge in [-0.2, -0.15) is 17.5 Å². The number of halogens is 3. The molecule has 0 spiro atoms. The molecule has 11 heteroatoms. The van der Waals surface area contributed by atoms with Gasteiger partial charge in [0.2, 0.25) is 10.0 Å². The number of hydrogen-bond acceptors (Lipinski definition) is 5. The zero-order chi connectivity index (χ0) is 22.7. The highest BCUT2D eigenvalue weighted by Crippen LogP contribution is 2.36. The van der Waals surface area contributed by atoms with Gasteiger partial charge in [-0.15, -0.1) is 0 Å². The van der Waals surface area contributed by atoms with Crippen molar-refractivity contribution in [2.24, 2.45) is 11.8 Å². The van der Waals surface area contributed by atoms with Crippen molar-refractivity contribution in [3.63, 3.8) is 0 Å². The van der Waals surface area contributed by atoms with Crippen LogP contribution in [0.25, 0.3) is 0 Å². The van der Waals surface area contributed by atoms with Gasteiger partial charge in [0.1, 0.15) is 0 Å². The summed E-state index contributed by atoms with van der Waals surface area (Å²) in [4.78, 5) is 11.4. The van der Waals surface area contributed by atoms with Crippen molar-refractivity contribution < 1.29 is 36.2 Å². The molecule has 0 amide bonds. The van der Waals surface area contributed by atoms with Gasteiger partial charge in [0.15, 0.2) is 0 Å². The van der Waals surface area contributed by atoms with Crippen molar-refractivity contribution in [3.8, 4) is 0 Å². The number of nitrogens with zero attached hydrogens (tertiary/aromatic N) is 2. The van der Waals surface area contributed by atoms with E-state index in [1.807, 2.05) is 27.1 Å². The molecule has 1 aromatic carbocycles. The average Bonchev–Trinajstić information content (AvgIpc) is 3.03. The molecule has 0 aromatic heterocycles. The van der Waals surface area contributed by atoms with E-state index in [4.69, 9.17) is 14.6 Å². The van der Waals surface area contributed by atoms with Crippen LogP contribution in [0.5, 0.6) is 0 Å². The minimum atomic E-state index is -5.08. The van der Waals surface area contributed by atoms with Crippen molar-refractivity contribution in [2.75, 3.05) is 40.3 Å². The summed E-state index contributed by atoms with van der Waals surface area (Å²) in [6, 6.07) is 7.17. The highest BCUT2D eigenvalue weighted by atomic mass is 32.2. The Kier molecular flexibility index (Phi) is 7.89. The largest absolute Gasteiger partial charge is 0.490 e. The first-order valence-corrected chi connectivity index (χ1v) is 10.9. The maximum atomic E-state index is 12.9. The summed E-state index contributed by atoms with van der Waals surface area (Å²) in [5, 5.41) is 7.12. The fourth-order valence-corrected chi connectivity index (χ4v) is 5.36. The summed E-state index contributed by atoms with van der Waals surface area (Å²) in [6.45, 7) is 4.66. The van der Waals surface area contributed by atoms with Crippen LogP contribution in [-0.4, -0.2) is 81.3 Å². The SMILES string of the molecule is Cc1cccc(S(=O)(=O)N2CC[C@@H]3[C@@H](CO[C@H]3CN(C)C)C2)c1.O=C(O)C(F)(F)F.